The first-order chi connectivity index (χ1) is 8.55. The van der Waals surface area contributed by atoms with Crippen molar-refractivity contribution in [1.82, 2.24) is 0 Å². The van der Waals surface area contributed by atoms with Gasteiger partial charge in [-0.15, -0.1) is 11.3 Å². The summed E-state index contributed by atoms with van der Waals surface area (Å²) in [7, 11) is -4.07. The Kier molecular flexibility index (Phi) is 4.16. The van der Waals surface area contributed by atoms with E-state index in [-0.39, 0.29) is 4.90 Å². The second-order valence-electron chi connectivity index (χ2n) is 4.05. The van der Waals surface area contributed by atoms with Crippen molar-refractivity contribution < 1.29 is 13.0 Å². The molecule has 3 nitrogen and oxygen atoms in total. The smallest absolute Gasteiger partial charge is 0.282 e. The zero-order valence-electron chi connectivity index (χ0n) is 9.74. The lowest BCUT2D eigenvalue weighted by molar-refractivity contribution is 0.483. The quantitative estimate of drug-likeness (QED) is 0.857. The molecule has 1 aromatic carbocycles. The zero-order chi connectivity index (χ0) is 13.0. The van der Waals surface area contributed by atoms with Crippen molar-refractivity contribution in [2.75, 3.05) is 0 Å². The lowest BCUT2D eigenvalue weighted by Crippen LogP contribution is -1.98. The molecule has 18 heavy (non-hydrogen) atoms. The van der Waals surface area contributed by atoms with E-state index >= 15 is 0 Å². The minimum atomic E-state index is -4.07. The van der Waals surface area contributed by atoms with E-state index in [0.717, 1.165) is 24.8 Å². The van der Waals surface area contributed by atoms with Crippen LogP contribution in [0.5, 0.6) is 0 Å². The minimum absolute atomic E-state index is 0.0514. The summed E-state index contributed by atoms with van der Waals surface area (Å²) < 4.78 is 30.6. The Morgan fingerprint density at radius 1 is 1.06 bits per heavy atom. The van der Waals surface area contributed by atoms with Crippen LogP contribution >= 0.6 is 11.3 Å². The van der Waals surface area contributed by atoms with Crippen LogP contribution in [-0.4, -0.2) is 13.0 Å². The fourth-order valence-corrected chi connectivity index (χ4v) is 2.98. The van der Waals surface area contributed by atoms with E-state index < -0.39 is 10.1 Å². The number of rotatable bonds is 5. The van der Waals surface area contributed by atoms with Gasteiger partial charge in [0.05, 0.1) is 4.90 Å². The van der Waals surface area contributed by atoms with Gasteiger partial charge in [0, 0.05) is 4.88 Å². The summed E-state index contributed by atoms with van der Waals surface area (Å²) in [6.45, 7) is 0. The van der Waals surface area contributed by atoms with E-state index in [2.05, 4.69) is 11.4 Å². The predicted molar refractivity (Wildman–Crippen MR) is 72.6 cm³/mol. The summed E-state index contributed by atoms with van der Waals surface area (Å²) in [5, 5.41) is 2.07. The van der Waals surface area contributed by atoms with Crippen molar-refractivity contribution in [3.63, 3.8) is 0 Å². The van der Waals surface area contributed by atoms with Gasteiger partial charge >= 0.3 is 0 Å². The molecule has 1 N–H and O–H groups in total. The SMILES string of the molecule is O=S(=O)(O)c1ccc(CCCc2cccs2)cc1. The largest absolute Gasteiger partial charge is 0.294 e. The van der Waals surface area contributed by atoms with Gasteiger partial charge in [-0.2, -0.15) is 8.42 Å². The molecule has 0 spiro atoms. The molecule has 0 fully saturated rings. The summed E-state index contributed by atoms with van der Waals surface area (Å²) in [6, 6.07) is 10.5. The molecule has 0 bridgehead atoms. The van der Waals surface area contributed by atoms with Crippen LogP contribution < -0.4 is 0 Å². The molecule has 0 unspecified atom stereocenters. The summed E-state index contributed by atoms with van der Waals surface area (Å²) >= 11 is 1.75. The second kappa shape index (κ2) is 5.65. The monoisotopic (exact) mass is 282 g/mol. The van der Waals surface area contributed by atoms with Crippen LogP contribution in [0.3, 0.4) is 0 Å². The lowest BCUT2D eigenvalue weighted by atomic mass is 10.1. The molecule has 5 heteroatoms. The first kappa shape index (κ1) is 13.3. The van der Waals surface area contributed by atoms with Crippen molar-refractivity contribution in [3.8, 4) is 0 Å². The van der Waals surface area contributed by atoms with Gasteiger partial charge in [-0.25, -0.2) is 0 Å². The molecule has 1 heterocycles. The molecule has 0 aliphatic heterocycles. The van der Waals surface area contributed by atoms with Crippen LogP contribution in [0.1, 0.15) is 16.9 Å². The van der Waals surface area contributed by atoms with Gasteiger partial charge in [-0.1, -0.05) is 18.2 Å². The van der Waals surface area contributed by atoms with E-state index in [1.165, 1.54) is 17.0 Å². The highest BCUT2D eigenvalue weighted by molar-refractivity contribution is 7.85. The van der Waals surface area contributed by atoms with Gasteiger partial charge in [-0.3, -0.25) is 4.55 Å². The number of thiophene rings is 1. The van der Waals surface area contributed by atoms with Gasteiger partial charge in [-0.05, 0) is 48.4 Å². The molecule has 2 rings (SSSR count). The summed E-state index contributed by atoms with van der Waals surface area (Å²) in [5.74, 6) is 0. The van der Waals surface area contributed by atoms with Crippen molar-refractivity contribution in [2.24, 2.45) is 0 Å². The summed E-state index contributed by atoms with van der Waals surface area (Å²) in [4.78, 5) is 1.31. The molecule has 0 aliphatic carbocycles. The third kappa shape index (κ3) is 3.66. The summed E-state index contributed by atoms with van der Waals surface area (Å²) in [5.41, 5.74) is 1.08. The lowest BCUT2D eigenvalue weighted by Gasteiger charge is -2.02. The molecule has 96 valence electrons. The Balaban J connectivity index is 1.91. The van der Waals surface area contributed by atoms with E-state index in [4.69, 9.17) is 4.55 Å². The average molecular weight is 282 g/mol. The topological polar surface area (TPSA) is 54.4 Å². The normalized spacial score (nSPS) is 11.6. The Bertz CT molecular complexity index is 584. The minimum Gasteiger partial charge on any atom is -0.282 e. The van der Waals surface area contributed by atoms with Gasteiger partial charge in [0.25, 0.3) is 10.1 Å². The zero-order valence-corrected chi connectivity index (χ0v) is 11.4. The molecular weight excluding hydrogens is 268 g/mol. The maximum Gasteiger partial charge on any atom is 0.294 e. The maximum absolute atomic E-state index is 10.9. The van der Waals surface area contributed by atoms with E-state index in [1.807, 2.05) is 6.07 Å². The third-order valence-electron chi connectivity index (χ3n) is 2.69. The molecule has 2 aromatic rings. The molecule has 0 aliphatic rings. The van der Waals surface area contributed by atoms with Crippen molar-refractivity contribution in [2.45, 2.75) is 24.2 Å². The first-order valence-electron chi connectivity index (χ1n) is 5.64. The Labute approximate surface area is 111 Å². The highest BCUT2D eigenvalue weighted by Gasteiger charge is 2.08. The number of hydrogen-bond donors (Lipinski definition) is 1. The fourth-order valence-electron chi connectivity index (χ4n) is 1.75. The molecule has 0 saturated carbocycles. The third-order valence-corrected chi connectivity index (χ3v) is 4.49. The molecule has 0 radical (unpaired) electrons. The molecule has 0 saturated heterocycles. The van der Waals surface area contributed by atoms with Gasteiger partial charge in [0.15, 0.2) is 0 Å². The van der Waals surface area contributed by atoms with Gasteiger partial charge in [0.1, 0.15) is 0 Å². The van der Waals surface area contributed by atoms with Crippen molar-refractivity contribution >= 4 is 21.5 Å². The van der Waals surface area contributed by atoms with Crippen molar-refractivity contribution in [3.05, 3.63) is 52.2 Å². The van der Waals surface area contributed by atoms with E-state index in [9.17, 15) is 8.42 Å². The average Bonchev–Trinajstić information content (AvgIpc) is 2.82. The number of benzene rings is 1. The molecule has 0 amide bonds. The van der Waals surface area contributed by atoms with Crippen LogP contribution in [-0.2, 0) is 23.0 Å². The number of aryl methyl sites for hydroxylation is 2. The highest BCUT2D eigenvalue weighted by atomic mass is 32.2. The van der Waals surface area contributed by atoms with Crippen LogP contribution in [0.25, 0.3) is 0 Å². The van der Waals surface area contributed by atoms with E-state index in [1.54, 1.807) is 23.5 Å². The Morgan fingerprint density at radius 3 is 2.33 bits per heavy atom. The van der Waals surface area contributed by atoms with Crippen LogP contribution in [0.2, 0.25) is 0 Å². The van der Waals surface area contributed by atoms with E-state index in [0.29, 0.717) is 0 Å². The maximum atomic E-state index is 10.9. The molecule has 0 atom stereocenters. The fraction of sp³-hybridized carbons (Fsp3) is 0.231. The van der Waals surface area contributed by atoms with Crippen LogP contribution in [0.15, 0.2) is 46.7 Å². The van der Waals surface area contributed by atoms with Crippen molar-refractivity contribution in [1.29, 1.82) is 0 Å². The standard InChI is InChI=1S/C13H14O3S2/c14-18(15,16)13-8-6-11(7-9-13)3-1-4-12-5-2-10-17-12/h2,5-10H,1,3-4H2,(H,14,15,16). The molecular formula is C13H14O3S2. The Morgan fingerprint density at radius 2 is 1.78 bits per heavy atom. The van der Waals surface area contributed by atoms with Crippen LogP contribution in [0.4, 0.5) is 0 Å². The summed E-state index contributed by atoms with van der Waals surface area (Å²) in [6.07, 6.45) is 2.98. The second-order valence-corrected chi connectivity index (χ2v) is 6.51. The predicted octanol–water partition coefficient (Wildman–Crippen LogP) is 3.17. The Hall–Kier alpha value is -1.17. The van der Waals surface area contributed by atoms with Gasteiger partial charge in [0.2, 0.25) is 0 Å². The van der Waals surface area contributed by atoms with Crippen LogP contribution in [0, 0.1) is 0 Å². The number of hydrogen-bond acceptors (Lipinski definition) is 3. The van der Waals surface area contributed by atoms with Gasteiger partial charge < -0.3 is 0 Å². The first-order valence-corrected chi connectivity index (χ1v) is 7.96. The molecule has 1 aromatic heterocycles. The highest BCUT2D eigenvalue weighted by Crippen LogP contribution is 2.15.